The molecule has 0 saturated carbocycles. The van der Waals surface area contributed by atoms with Crippen molar-refractivity contribution in [3.63, 3.8) is 0 Å². The van der Waals surface area contributed by atoms with E-state index in [1.807, 2.05) is 0 Å². The number of halogens is 1. The van der Waals surface area contributed by atoms with E-state index in [2.05, 4.69) is 11.4 Å². The summed E-state index contributed by atoms with van der Waals surface area (Å²) in [6.07, 6.45) is 0.379. The van der Waals surface area contributed by atoms with E-state index >= 15 is 0 Å². The Morgan fingerprint density at radius 3 is 2.75 bits per heavy atom. The van der Waals surface area contributed by atoms with Crippen molar-refractivity contribution >= 4 is 5.97 Å². The summed E-state index contributed by atoms with van der Waals surface area (Å²) in [5.74, 6) is -0.675. The van der Waals surface area contributed by atoms with Gasteiger partial charge >= 0.3 is 5.97 Å². The molecule has 3 atom stereocenters. The van der Waals surface area contributed by atoms with Crippen LogP contribution in [0.4, 0.5) is 4.39 Å². The SMILES string of the molecule is CCOC(=O)C1CC(C)(C#N)C(c2ccc(F)cc2)N1. The van der Waals surface area contributed by atoms with Crippen LogP contribution in [0.25, 0.3) is 0 Å². The van der Waals surface area contributed by atoms with E-state index in [0.29, 0.717) is 13.0 Å². The molecular weight excluding hydrogens is 259 g/mol. The van der Waals surface area contributed by atoms with Crippen molar-refractivity contribution in [3.05, 3.63) is 35.6 Å². The van der Waals surface area contributed by atoms with Gasteiger partial charge in [0.05, 0.1) is 24.1 Å². The fourth-order valence-electron chi connectivity index (χ4n) is 2.61. The predicted octanol–water partition coefficient (Wildman–Crippen LogP) is 2.32. The first-order valence-corrected chi connectivity index (χ1v) is 6.59. The standard InChI is InChI=1S/C15H17FN2O2/c1-3-20-14(19)12-8-15(2,9-17)13(18-12)10-4-6-11(16)7-5-10/h4-7,12-13,18H,3,8H2,1-2H3. The number of esters is 1. The minimum absolute atomic E-state index is 0.307. The van der Waals surface area contributed by atoms with Gasteiger partial charge in [-0.3, -0.25) is 10.1 Å². The molecule has 1 aliphatic rings. The van der Waals surface area contributed by atoms with Gasteiger partial charge in [-0.05, 0) is 38.0 Å². The summed E-state index contributed by atoms with van der Waals surface area (Å²) in [6, 6.07) is 7.42. The third kappa shape index (κ3) is 2.66. The van der Waals surface area contributed by atoms with Gasteiger partial charge < -0.3 is 4.74 Å². The number of hydrogen-bond donors (Lipinski definition) is 1. The molecule has 0 radical (unpaired) electrons. The first kappa shape index (κ1) is 14.5. The zero-order chi connectivity index (χ0) is 14.8. The first-order chi connectivity index (χ1) is 9.50. The van der Waals surface area contributed by atoms with Crippen molar-refractivity contribution < 1.29 is 13.9 Å². The monoisotopic (exact) mass is 276 g/mol. The van der Waals surface area contributed by atoms with Crippen LogP contribution in [0.3, 0.4) is 0 Å². The summed E-state index contributed by atoms with van der Waals surface area (Å²) < 4.78 is 18.0. The quantitative estimate of drug-likeness (QED) is 0.861. The summed E-state index contributed by atoms with van der Waals surface area (Å²) in [5, 5.41) is 12.6. The third-order valence-corrected chi connectivity index (χ3v) is 3.66. The summed E-state index contributed by atoms with van der Waals surface area (Å²) >= 11 is 0. The molecule has 1 heterocycles. The van der Waals surface area contributed by atoms with Crippen LogP contribution in [0.15, 0.2) is 24.3 Å². The largest absolute Gasteiger partial charge is 0.465 e. The lowest BCUT2D eigenvalue weighted by molar-refractivity contribution is -0.145. The lowest BCUT2D eigenvalue weighted by Gasteiger charge is -2.23. The molecule has 0 aromatic heterocycles. The topological polar surface area (TPSA) is 62.1 Å². The Morgan fingerprint density at radius 2 is 2.20 bits per heavy atom. The van der Waals surface area contributed by atoms with Crippen LogP contribution < -0.4 is 5.32 Å². The molecule has 0 spiro atoms. The number of carbonyl (C=O) groups excluding carboxylic acids is 1. The van der Waals surface area contributed by atoms with Gasteiger partial charge in [0.1, 0.15) is 11.9 Å². The van der Waals surface area contributed by atoms with Gasteiger partial charge in [0.2, 0.25) is 0 Å². The number of hydrogen-bond acceptors (Lipinski definition) is 4. The summed E-state index contributed by atoms with van der Waals surface area (Å²) in [6.45, 7) is 3.85. The lowest BCUT2D eigenvalue weighted by Crippen LogP contribution is -2.34. The molecule has 106 valence electrons. The van der Waals surface area contributed by atoms with Crippen LogP contribution >= 0.6 is 0 Å². The van der Waals surface area contributed by atoms with Crippen LogP contribution in [0.1, 0.15) is 31.9 Å². The maximum Gasteiger partial charge on any atom is 0.323 e. The minimum atomic E-state index is -0.727. The fraction of sp³-hybridized carbons (Fsp3) is 0.467. The maximum absolute atomic E-state index is 13.0. The average molecular weight is 276 g/mol. The second kappa shape index (κ2) is 5.59. The molecule has 1 N–H and O–H groups in total. The summed E-state index contributed by atoms with van der Waals surface area (Å²) in [7, 11) is 0. The normalized spacial score (nSPS) is 28.9. The molecule has 1 fully saturated rings. The first-order valence-electron chi connectivity index (χ1n) is 6.59. The van der Waals surface area contributed by atoms with Crippen molar-refractivity contribution in [1.29, 1.82) is 5.26 Å². The molecule has 1 aromatic rings. The van der Waals surface area contributed by atoms with E-state index in [9.17, 15) is 14.4 Å². The van der Waals surface area contributed by atoms with Crippen molar-refractivity contribution in [2.75, 3.05) is 6.61 Å². The smallest absolute Gasteiger partial charge is 0.323 e. The van der Waals surface area contributed by atoms with Crippen LogP contribution in [-0.4, -0.2) is 18.6 Å². The van der Waals surface area contributed by atoms with E-state index in [4.69, 9.17) is 4.74 Å². The Bertz CT molecular complexity index is 538. The van der Waals surface area contributed by atoms with Crippen molar-refractivity contribution in [3.8, 4) is 6.07 Å². The van der Waals surface area contributed by atoms with Gasteiger partial charge in [0, 0.05) is 0 Å². The Morgan fingerprint density at radius 1 is 1.55 bits per heavy atom. The molecule has 3 unspecified atom stereocenters. The Kier molecular flexibility index (Phi) is 4.05. The van der Waals surface area contributed by atoms with Gasteiger partial charge in [-0.1, -0.05) is 12.1 Å². The van der Waals surface area contributed by atoms with Crippen molar-refractivity contribution in [2.45, 2.75) is 32.4 Å². The molecule has 0 aliphatic carbocycles. The van der Waals surface area contributed by atoms with Crippen molar-refractivity contribution in [1.82, 2.24) is 5.32 Å². The van der Waals surface area contributed by atoms with Gasteiger partial charge in [-0.25, -0.2) is 4.39 Å². The third-order valence-electron chi connectivity index (χ3n) is 3.66. The van der Waals surface area contributed by atoms with Gasteiger partial charge in [0.15, 0.2) is 0 Å². The maximum atomic E-state index is 13.0. The summed E-state index contributed by atoms with van der Waals surface area (Å²) in [4.78, 5) is 11.8. The number of benzene rings is 1. The molecule has 4 nitrogen and oxygen atoms in total. The second-order valence-electron chi connectivity index (χ2n) is 5.19. The number of nitriles is 1. The highest BCUT2D eigenvalue weighted by atomic mass is 19.1. The molecule has 5 heteroatoms. The highest BCUT2D eigenvalue weighted by Crippen LogP contribution is 2.43. The minimum Gasteiger partial charge on any atom is -0.465 e. The van der Waals surface area contributed by atoms with Crippen LogP contribution in [0.2, 0.25) is 0 Å². The Labute approximate surface area is 117 Å². The van der Waals surface area contributed by atoms with E-state index in [-0.39, 0.29) is 17.8 Å². The molecular formula is C15H17FN2O2. The van der Waals surface area contributed by atoms with E-state index < -0.39 is 11.5 Å². The van der Waals surface area contributed by atoms with Crippen molar-refractivity contribution in [2.24, 2.45) is 5.41 Å². The number of nitrogens with one attached hydrogen (secondary N) is 1. The highest BCUT2D eigenvalue weighted by Gasteiger charge is 2.47. The van der Waals surface area contributed by atoms with Gasteiger partial charge in [-0.15, -0.1) is 0 Å². The number of nitrogens with zero attached hydrogens (tertiary/aromatic N) is 1. The fourth-order valence-corrected chi connectivity index (χ4v) is 2.61. The average Bonchev–Trinajstić information content (AvgIpc) is 2.79. The molecule has 1 aromatic carbocycles. The van der Waals surface area contributed by atoms with Crippen LogP contribution in [0.5, 0.6) is 0 Å². The number of ether oxygens (including phenoxy) is 1. The molecule has 20 heavy (non-hydrogen) atoms. The van der Waals surface area contributed by atoms with E-state index in [0.717, 1.165) is 5.56 Å². The predicted molar refractivity (Wildman–Crippen MR) is 71.0 cm³/mol. The van der Waals surface area contributed by atoms with E-state index in [1.165, 1.54) is 12.1 Å². The van der Waals surface area contributed by atoms with E-state index in [1.54, 1.807) is 26.0 Å². The molecule has 0 amide bonds. The molecule has 1 saturated heterocycles. The van der Waals surface area contributed by atoms with Gasteiger partial charge in [0.25, 0.3) is 0 Å². The Balaban J connectivity index is 2.25. The lowest BCUT2D eigenvalue weighted by atomic mass is 9.80. The molecule has 2 rings (SSSR count). The zero-order valence-electron chi connectivity index (χ0n) is 11.5. The van der Waals surface area contributed by atoms with Gasteiger partial charge in [-0.2, -0.15) is 5.26 Å². The number of rotatable bonds is 3. The molecule has 0 bridgehead atoms. The summed E-state index contributed by atoms with van der Waals surface area (Å²) in [5.41, 5.74) is 0.0668. The highest BCUT2D eigenvalue weighted by molar-refractivity contribution is 5.76. The zero-order valence-corrected chi connectivity index (χ0v) is 11.5. The van der Waals surface area contributed by atoms with Crippen LogP contribution in [0, 0.1) is 22.6 Å². The molecule has 1 aliphatic heterocycles. The number of carbonyl (C=O) groups is 1. The van der Waals surface area contributed by atoms with Crippen LogP contribution in [-0.2, 0) is 9.53 Å². The second-order valence-corrected chi connectivity index (χ2v) is 5.19. The Hall–Kier alpha value is -1.93.